The predicted octanol–water partition coefficient (Wildman–Crippen LogP) is 5.14. The first-order valence-electron chi connectivity index (χ1n) is 6.77. The summed E-state index contributed by atoms with van der Waals surface area (Å²) in [5, 5.41) is 4.46. The lowest BCUT2D eigenvalue weighted by atomic mass is 10.0. The van der Waals surface area contributed by atoms with Crippen molar-refractivity contribution in [2.45, 2.75) is 32.4 Å². The van der Waals surface area contributed by atoms with Crippen LogP contribution in [-0.4, -0.2) is 0 Å². The molecular weight excluding hydrogens is 254 g/mol. The molecule has 19 heavy (non-hydrogen) atoms. The molecule has 0 radical (unpaired) electrons. The van der Waals surface area contributed by atoms with Crippen molar-refractivity contribution in [3.05, 3.63) is 70.7 Å². The van der Waals surface area contributed by atoms with E-state index in [2.05, 4.69) is 55.6 Å². The average Bonchev–Trinajstić information content (AvgIpc) is 2.46. The molecule has 2 rings (SSSR count). The lowest BCUT2D eigenvalue weighted by Crippen LogP contribution is -2.24. The van der Waals surface area contributed by atoms with E-state index in [1.54, 1.807) is 0 Å². The molecule has 0 aliphatic rings. The number of rotatable bonds is 5. The maximum Gasteiger partial charge on any atom is 0.0406 e. The summed E-state index contributed by atoms with van der Waals surface area (Å²) in [4.78, 5) is 0. The Hall–Kier alpha value is -1.31. The Morgan fingerprint density at radius 3 is 2.16 bits per heavy atom. The molecular formula is C17H20ClN. The van der Waals surface area contributed by atoms with Crippen LogP contribution < -0.4 is 5.32 Å². The van der Waals surface area contributed by atoms with Crippen molar-refractivity contribution in [1.82, 2.24) is 5.32 Å². The first-order valence-corrected chi connectivity index (χ1v) is 7.15. The van der Waals surface area contributed by atoms with E-state index in [0.717, 1.165) is 11.4 Å². The number of nitrogens with one attached hydrogen (secondary N) is 1. The van der Waals surface area contributed by atoms with Gasteiger partial charge in [0.1, 0.15) is 0 Å². The van der Waals surface area contributed by atoms with Crippen molar-refractivity contribution in [3.63, 3.8) is 0 Å². The molecule has 2 heteroatoms. The van der Waals surface area contributed by atoms with Gasteiger partial charge in [-0.1, -0.05) is 61.0 Å². The molecule has 0 saturated carbocycles. The van der Waals surface area contributed by atoms with Crippen LogP contribution in [0.5, 0.6) is 0 Å². The van der Waals surface area contributed by atoms with Crippen LogP contribution in [0.25, 0.3) is 0 Å². The van der Waals surface area contributed by atoms with Crippen molar-refractivity contribution in [2.75, 3.05) is 0 Å². The second-order valence-electron chi connectivity index (χ2n) is 4.81. The normalized spacial score (nSPS) is 14.1. The zero-order valence-electron chi connectivity index (χ0n) is 11.4. The summed E-state index contributed by atoms with van der Waals surface area (Å²) in [5.41, 5.74) is 2.60. The number of halogens is 1. The van der Waals surface area contributed by atoms with Gasteiger partial charge in [-0.2, -0.15) is 0 Å². The SMILES string of the molecule is CCC(N[C@@H](C)c1ccccc1)c1ccc(Cl)cc1. The van der Waals surface area contributed by atoms with Gasteiger partial charge in [0.15, 0.2) is 0 Å². The quantitative estimate of drug-likeness (QED) is 0.795. The average molecular weight is 274 g/mol. The fourth-order valence-corrected chi connectivity index (χ4v) is 2.41. The molecule has 0 spiro atoms. The largest absolute Gasteiger partial charge is 0.303 e. The Labute approximate surface area is 120 Å². The van der Waals surface area contributed by atoms with Gasteiger partial charge in [-0.05, 0) is 36.6 Å². The van der Waals surface area contributed by atoms with Gasteiger partial charge in [-0.15, -0.1) is 0 Å². The van der Waals surface area contributed by atoms with Gasteiger partial charge in [0.05, 0.1) is 0 Å². The summed E-state index contributed by atoms with van der Waals surface area (Å²) in [6, 6.07) is 19.3. The van der Waals surface area contributed by atoms with Crippen LogP contribution in [0.3, 0.4) is 0 Å². The number of benzene rings is 2. The number of hydrogen-bond acceptors (Lipinski definition) is 1. The summed E-state index contributed by atoms with van der Waals surface area (Å²) in [5.74, 6) is 0. The number of hydrogen-bond donors (Lipinski definition) is 1. The molecule has 2 aromatic rings. The third-order valence-corrected chi connectivity index (χ3v) is 3.68. The van der Waals surface area contributed by atoms with Gasteiger partial charge in [-0.25, -0.2) is 0 Å². The van der Waals surface area contributed by atoms with Gasteiger partial charge >= 0.3 is 0 Å². The molecule has 0 saturated heterocycles. The molecule has 0 fully saturated rings. The molecule has 1 unspecified atom stereocenters. The van der Waals surface area contributed by atoms with E-state index in [1.165, 1.54) is 11.1 Å². The van der Waals surface area contributed by atoms with Gasteiger partial charge in [0.2, 0.25) is 0 Å². The highest BCUT2D eigenvalue weighted by Gasteiger charge is 2.13. The van der Waals surface area contributed by atoms with E-state index in [0.29, 0.717) is 12.1 Å². The highest BCUT2D eigenvalue weighted by Crippen LogP contribution is 2.23. The van der Waals surface area contributed by atoms with Crippen molar-refractivity contribution in [3.8, 4) is 0 Å². The Morgan fingerprint density at radius 1 is 0.947 bits per heavy atom. The van der Waals surface area contributed by atoms with Crippen molar-refractivity contribution >= 4 is 11.6 Å². The van der Waals surface area contributed by atoms with Crippen molar-refractivity contribution < 1.29 is 0 Å². The first-order chi connectivity index (χ1) is 9.20. The molecule has 2 aromatic carbocycles. The fraction of sp³-hybridized carbons (Fsp3) is 0.294. The molecule has 100 valence electrons. The minimum atomic E-state index is 0.335. The molecule has 0 aromatic heterocycles. The second kappa shape index (κ2) is 6.74. The van der Waals surface area contributed by atoms with Gasteiger partial charge in [0, 0.05) is 17.1 Å². The van der Waals surface area contributed by atoms with Crippen molar-refractivity contribution in [1.29, 1.82) is 0 Å². The molecule has 1 nitrogen and oxygen atoms in total. The highest BCUT2D eigenvalue weighted by molar-refractivity contribution is 6.30. The third-order valence-electron chi connectivity index (χ3n) is 3.43. The molecule has 0 bridgehead atoms. The van der Waals surface area contributed by atoms with E-state index in [4.69, 9.17) is 11.6 Å². The van der Waals surface area contributed by atoms with Gasteiger partial charge < -0.3 is 5.32 Å². The summed E-state index contributed by atoms with van der Waals surface area (Å²) in [6.07, 6.45) is 1.05. The lowest BCUT2D eigenvalue weighted by molar-refractivity contribution is 0.456. The fourth-order valence-electron chi connectivity index (χ4n) is 2.28. The maximum absolute atomic E-state index is 5.94. The van der Waals surface area contributed by atoms with E-state index < -0.39 is 0 Å². The topological polar surface area (TPSA) is 12.0 Å². The van der Waals surface area contributed by atoms with Crippen molar-refractivity contribution in [2.24, 2.45) is 0 Å². The minimum absolute atomic E-state index is 0.335. The van der Waals surface area contributed by atoms with E-state index in [-0.39, 0.29) is 0 Å². The van der Waals surface area contributed by atoms with Crippen LogP contribution in [0.2, 0.25) is 5.02 Å². The molecule has 0 aliphatic carbocycles. The predicted molar refractivity (Wildman–Crippen MR) is 82.5 cm³/mol. The van der Waals surface area contributed by atoms with Crippen LogP contribution in [0.15, 0.2) is 54.6 Å². The lowest BCUT2D eigenvalue weighted by Gasteiger charge is -2.23. The molecule has 0 amide bonds. The van der Waals surface area contributed by atoms with E-state index >= 15 is 0 Å². The van der Waals surface area contributed by atoms with Crippen LogP contribution >= 0.6 is 11.6 Å². The smallest absolute Gasteiger partial charge is 0.0406 e. The maximum atomic E-state index is 5.94. The van der Waals surface area contributed by atoms with Crippen LogP contribution in [0.4, 0.5) is 0 Å². The summed E-state index contributed by atoms with van der Waals surface area (Å²) < 4.78 is 0. The van der Waals surface area contributed by atoms with E-state index in [9.17, 15) is 0 Å². The van der Waals surface area contributed by atoms with Gasteiger partial charge in [-0.3, -0.25) is 0 Å². The molecule has 0 aliphatic heterocycles. The third kappa shape index (κ3) is 3.82. The monoisotopic (exact) mass is 273 g/mol. The standard InChI is InChI=1S/C17H20ClN/c1-3-17(15-9-11-16(18)12-10-15)19-13(2)14-7-5-4-6-8-14/h4-13,17,19H,3H2,1-2H3/t13-,17?/m0/s1. The van der Waals surface area contributed by atoms with Crippen LogP contribution in [0.1, 0.15) is 43.5 Å². The second-order valence-corrected chi connectivity index (χ2v) is 5.25. The Morgan fingerprint density at radius 2 is 1.58 bits per heavy atom. The Kier molecular flexibility index (Phi) is 5.00. The van der Waals surface area contributed by atoms with Gasteiger partial charge in [0.25, 0.3) is 0 Å². The highest BCUT2D eigenvalue weighted by atomic mass is 35.5. The summed E-state index contributed by atoms with van der Waals surface area (Å²) in [7, 11) is 0. The zero-order chi connectivity index (χ0) is 13.7. The molecule has 1 N–H and O–H groups in total. The Balaban J connectivity index is 2.09. The first kappa shape index (κ1) is 14.1. The van der Waals surface area contributed by atoms with Crippen LogP contribution in [-0.2, 0) is 0 Å². The minimum Gasteiger partial charge on any atom is -0.303 e. The summed E-state index contributed by atoms with van der Waals surface area (Å²) >= 11 is 5.94. The molecule has 0 heterocycles. The summed E-state index contributed by atoms with van der Waals surface area (Å²) in [6.45, 7) is 4.40. The zero-order valence-corrected chi connectivity index (χ0v) is 12.2. The van der Waals surface area contributed by atoms with Crippen LogP contribution in [0, 0.1) is 0 Å². The van der Waals surface area contributed by atoms with E-state index in [1.807, 2.05) is 18.2 Å². The molecule has 2 atom stereocenters. The Bertz CT molecular complexity index is 492.